The van der Waals surface area contributed by atoms with Crippen molar-refractivity contribution in [3.05, 3.63) is 41.2 Å². The summed E-state index contributed by atoms with van der Waals surface area (Å²) in [5, 5.41) is 8.60. The number of carboxylic acids is 1. The molecule has 0 spiro atoms. The Labute approximate surface area is 118 Å². The van der Waals surface area contributed by atoms with Crippen molar-refractivity contribution in [2.45, 2.75) is 26.3 Å². The average molecular weight is 277 g/mol. The molecule has 0 bridgehead atoms. The lowest BCUT2D eigenvalue weighted by Crippen LogP contribution is -2.20. The molecule has 108 valence electrons. The molecule has 1 atom stereocenters. The van der Waals surface area contributed by atoms with Crippen molar-refractivity contribution in [2.24, 2.45) is 5.92 Å². The first-order valence-electron chi connectivity index (χ1n) is 7.00. The molecule has 2 rings (SSSR count). The monoisotopic (exact) mass is 277 g/mol. The lowest BCUT2D eigenvalue weighted by molar-refractivity contribution is -0.131. The van der Waals surface area contributed by atoms with Crippen molar-refractivity contribution in [3.8, 4) is 0 Å². The van der Waals surface area contributed by atoms with Gasteiger partial charge in [-0.1, -0.05) is 19.4 Å². The molecule has 1 aliphatic heterocycles. The smallest absolute Gasteiger partial charge is 0.328 e. The molecule has 1 unspecified atom stereocenters. The van der Waals surface area contributed by atoms with E-state index in [1.54, 1.807) is 12.1 Å². The molecule has 0 aliphatic carbocycles. The zero-order valence-electron chi connectivity index (χ0n) is 11.7. The van der Waals surface area contributed by atoms with Gasteiger partial charge >= 0.3 is 5.97 Å². The molecule has 0 amide bonds. The maximum Gasteiger partial charge on any atom is 0.328 e. The molecular weight excluding hydrogens is 257 g/mol. The number of nitrogens with zero attached hydrogens (tertiary/aromatic N) is 1. The van der Waals surface area contributed by atoms with Crippen LogP contribution in [-0.2, 0) is 11.3 Å². The van der Waals surface area contributed by atoms with E-state index in [-0.39, 0.29) is 5.82 Å². The first kappa shape index (κ1) is 14.7. The van der Waals surface area contributed by atoms with Gasteiger partial charge in [0.25, 0.3) is 0 Å². The number of carbonyl (C=O) groups is 1. The summed E-state index contributed by atoms with van der Waals surface area (Å²) >= 11 is 0. The van der Waals surface area contributed by atoms with Gasteiger partial charge in [0.05, 0.1) is 0 Å². The summed E-state index contributed by atoms with van der Waals surface area (Å²) in [5.74, 6) is -0.693. The maximum absolute atomic E-state index is 13.6. The van der Waals surface area contributed by atoms with Gasteiger partial charge in [-0.05, 0) is 42.7 Å². The largest absolute Gasteiger partial charge is 0.478 e. The van der Waals surface area contributed by atoms with Crippen molar-refractivity contribution >= 4 is 12.0 Å². The van der Waals surface area contributed by atoms with Crippen LogP contribution in [0, 0.1) is 11.7 Å². The number of carboxylic acid groups (broad SMARTS) is 1. The fourth-order valence-electron chi connectivity index (χ4n) is 2.63. The highest BCUT2D eigenvalue weighted by atomic mass is 19.1. The molecule has 0 saturated carbocycles. The molecule has 1 N–H and O–H groups in total. The molecule has 3 nitrogen and oxygen atoms in total. The van der Waals surface area contributed by atoms with Crippen LogP contribution in [-0.4, -0.2) is 29.1 Å². The Balaban J connectivity index is 2.06. The summed E-state index contributed by atoms with van der Waals surface area (Å²) < 4.78 is 13.6. The Morgan fingerprint density at radius 1 is 1.55 bits per heavy atom. The predicted octanol–water partition coefficient (Wildman–Crippen LogP) is 3.16. The molecule has 0 aromatic heterocycles. The number of rotatable bonds is 5. The van der Waals surface area contributed by atoms with Crippen LogP contribution in [0.2, 0.25) is 0 Å². The minimum absolute atomic E-state index is 0.330. The van der Waals surface area contributed by atoms with Crippen LogP contribution in [0.3, 0.4) is 0 Å². The summed E-state index contributed by atoms with van der Waals surface area (Å²) in [7, 11) is 0. The van der Waals surface area contributed by atoms with Crippen LogP contribution in [0.25, 0.3) is 6.08 Å². The third kappa shape index (κ3) is 3.90. The van der Waals surface area contributed by atoms with E-state index in [1.807, 2.05) is 0 Å². The van der Waals surface area contributed by atoms with Crippen LogP contribution in [0.4, 0.5) is 4.39 Å². The summed E-state index contributed by atoms with van der Waals surface area (Å²) in [5.41, 5.74) is 1.35. The van der Waals surface area contributed by atoms with Crippen LogP contribution in [0.15, 0.2) is 24.3 Å². The van der Waals surface area contributed by atoms with Crippen molar-refractivity contribution in [1.82, 2.24) is 4.90 Å². The van der Waals surface area contributed by atoms with E-state index in [2.05, 4.69) is 11.8 Å². The summed E-state index contributed by atoms with van der Waals surface area (Å²) in [6, 6.07) is 4.91. The van der Waals surface area contributed by atoms with E-state index >= 15 is 0 Å². The number of halogens is 1. The average Bonchev–Trinajstić information content (AvgIpc) is 2.87. The quantitative estimate of drug-likeness (QED) is 0.840. The second-order valence-corrected chi connectivity index (χ2v) is 5.33. The van der Waals surface area contributed by atoms with E-state index in [0.29, 0.717) is 5.56 Å². The highest BCUT2D eigenvalue weighted by molar-refractivity contribution is 5.85. The fraction of sp³-hybridized carbons (Fsp3) is 0.438. The fourth-order valence-corrected chi connectivity index (χ4v) is 2.63. The molecular formula is C16H20FNO2. The SMILES string of the molecule is CCC1CCN(Cc2ccc(F)c(/C=C/C(=O)O)c2)C1. The van der Waals surface area contributed by atoms with Crippen LogP contribution in [0.5, 0.6) is 0 Å². The minimum atomic E-state index is -1.07. The van der Waals surface area contributed by atoms with E-state index < -0.39 is 5.97 Å². The number of aliphatic carboxylic acids is 1. The van der Waals surface area contributed by atoms with Crippen LogP contribution >= 0.6 is 0 Å². The topological polar surface area (TPSA) is 40.5 Å². The first-order chi connectivity index (χ1) is 9.58. The lowest BCUT2D eigenvalue weighted by Gasteiger charge is -2.16. The van der Waals surface area contributed by atoms with Crippen molar-refractivity contribution < 1.29 is 14.3 Å². The Kier molecular flexibility index (Phi) is 4.90. The summed E-state index contributed by atoms with van der Waals surface area (Å²) in [6.45, 7) is 5.18. The zero-order valence-corrected chi connectivity index (χ0v) is 11.7. The van der Waals surface area contributed by atoms with Gasteiger partial charge in [-0.3, -0.25) is 4.90 Å². The second-order valence-electron chi connectivity index (χ2n) is 5.33. The van der Waals surface area contributed by atoms with Crippen LogP contribution in [0.1, 0.15) is 30.9 Å². The number of likely N-dealkylation sites (tertiary alicyclic amines) is 1. The highest BCUT2D eigenvalue weighted by Crippen LogP contribution is 2.22. The molecule has 4 heteroatoms. The van der Waals surface area contributed by atoms with E-state index in [4.69, 9.17) is 5.11 Å². The van der Waals surface area contributed by atoms with Gasteiger partial charge in [-0.2, -0.15) is 0 Å². The minimum Gasteiger partial charge on any atom is -0.478 e. The number of hydrogen-bond acceptors (Lipinski definition) is 2. The molecule has 1 aromatic carbocycles. The third-order valence-corrected chi connectivity index (χ3v) is 3.82. The molecule has 1 aromatic rings. The van der Waals surface area contributed by atoms with Gasteiger partial charge in [-0.25, -0.2) is 9.18 Å². The first-order valence-corrected chi connectivity index (χ1v) is 7.00. The normalized spacial score (nSPS) is 19.8. The van der Waals surface area contributed by atoms with Gasteiger partial charge in [0, 0.05) is 24.7 Å². The van der Waals surface area contributed by atoms with E-state index in [1.165, 1.54) is 25.0 Å². The molecule has 1 fully saturated rings. The molecule has 0 radical (unpaired) electrons. The predicted molar refractivity (Wildman–Crippen MR) is 76.7 cm³/mol. The summed E-state index contributed by atoms with van der Waals surface area (Å²) in [6.07, 6.45) is 4.70. The van der Waals surface area contributed by atoms with Crippen molar-refractivity contribution in [1.29, 1.82) is 0 Å². The Morgan fingerprint density at radius 3 is 3.00 bits per heavy atom. The lowest BCUT2D eigenvalue weighted by atomic mass is 10.1. The molecule has 1 aliphatic rings. The molecule has 20 heavy (non-hydrogen) atoms. The van der Waals surface area contributed by atoms with Crippen molar-refractivity contribution in [2.75, 3.05) is 13.1 Å². The van der Waals surface area contributed by atoms with Crippen LogP contribution < -0.4 is 0 Å². The molecule has 1 heterocycles. The third-order valence-electron chi connectivity index (χ3n) is 3.82. The standard InChI is InChI=1S/C16H20FNO2/c1-2-12-7-8-18(10-12)11-13-3-5-15(17)14(9-13)4-6-16(19)20/h3-6,9,12H,2,7-8,10-11H2,1H3,(H,19,20)/b6-4+. The van der Waals surface area contributed by atoms with E-state index in [9.17, 15) is 9.18 Å². The van der Waals surface area contributed by atoms with Gasteiger partial charge in [0.2, 0.25) is 0 Å². The van der Waals surface area contributed by atoms with Gasteiger partial charge in [-0.15, -0.1) is 0 Å². The highest BCUT2D eigenvalue weighted by Gasteiger charge is 2.20. The van der Waals surface area contributed by atoms with E-state index in [0.717, 1.165) is 37.2 Å². The van der Waals surface area contributed by atoms with Gasteiger partial charge in [0.15, 0.2) is 0 Å². The Hall–Kier alpha value is -1.68. The second kappa shape index (κ2) is 6.66. The van der Waals surface area contributed by atoms with Gasteiger partial charge in [0.1, 0.15) is 5.82 Å². The molecule has 1 saturated heterocycles. The Morgan fingerprint density at radius 2 is 2.35 bits per heavy atom. The Bertz CT molecular complexity index is 513. The van der Waals surface area contributed by atoms with Gasteiger partial charge < -0.3 is 5.11 Å². The zero-order chi connectivity index (χ0) is 14.5. The van der Waals surface area contributed by atoms with Crippen molar-refractivity contribution in [3.63, 3.8) is 0 Å². The number of benzene rings is 1. The summed E-state index contributed by atoms with van der Waals surface area (Å²) in [4.78, 5) is 12.9. The maximum atomic E-state index is 13.6. The number of hydrogen-bond donors (Lipinski definition) is 1.